The van der Waals surface area contributed by atoms with E-state index in [4.69, 9.17) is 0 Å². The SMILES string of the molecule is Cc1ccc(S(=O)(=O)N2C[C@@H]3[C@@H](Nc4c(O)cccc4C3(C)C)c3ccccc32)cc1. The van der Waals surface area contributed by atoms with E-state index in [1.54, 1.807) is 22.5 Å². The zero-order valence-electron chi connectivity index (χ0n) is 17.8. The van der Waals surface area contributed by atoms with Crippen molar-refractivity contribution in [1.82, 2.24) is 0 Å². The maximum atomic E-state index is 13.7. The lowest BCUT2D eigenvalue weighted by molar-refractivity contribution is 0.267. The van der Waals surface area contributed by atoms with Crippen molar-refractivity contribution in [3.8, 4) is 5.75 Å². The summed E-state index contributed by atoms with van der Waals surface area (Å²) in [5.74, 6) is 0.202. The van der Waals surface area contributed by atoms with Crippen molar-refractivity contribution in [3.05, 3.63) is 83.4 Å². The number of aromatic hydroxyl groups is 1. The number of sulfonamides is 1. The second-order valence-electron chi connectivity index (χ2n) is 9.06. The molecule has 0 saturated heterocycles. The van der Waals surface area contributed by atoms with E-state index in [0.717, 1.165) is 22.4 Å². The Bertz CT molecular complexity index is 1270. The molecule has 0 aliphatic carbocycles. The van der Waals surface area contributed by atoms with Gasteiger partial charge in [0, 0.05) is 12.5 Å². The lowest BCUT2D eigenvalue weighted by atomic mass is 9.64. The van der Waals surface area contributed by atoms with Crippen molar-refractivity contribution >= 4 is 21.4 Å². The van der Waals surface area contributed by atoms with E-state index in [2.05, 4.69) is 19.2 Å². The summed E-state index contributed by atoms with van der Waals surface area (Å²) in [6.45, 7) is 6.57. The molecule has 31 heavy (non-hydrogen) atoms. The van der Waals surface area contributed by atoms with Crippen molar-refractivity contribution in [2.75, 3.05) is 16.2 Å². The minimum absolute atomic E-state index is 0.0167. The van der Waals surface area contributed by atoms with Crippen LogP contribution in [0.5, 0.6) is 5.75 Å². The lowest BCUT2D eigenvalue weighted by Crippen LogP contribution is -2.52. The highest BCUT2D eigenvalue weighted by molar-refractivity contribution is 7.92. The summed E-state index contributed by atoms with van der Waals surface area (Å²) >= 11 is 0. The molecule has 0 unspecified atom stereocenters. The molecular weight excluding hydrogens is 408 g/mol. The Morgan fingerprint density at radius 3 is 2.45 bits per heavy atom. The van der Waals surface area contributed by atoms with E-state index in [9.17, 15) is 13.5 Å². The molecule has 0 spiro atoms. The predicted molar refractivity (Wildman–Crippen MR) is 123 cm³/mol. The third-order valence-electron chi connectivity index (χ3n) is 6.88. The number of nitrogens with one attached hydrogen (secondary N) is 1. The van der Waals surface area contributed by atoms with Crippen LogP contribution in [0.2, 0.25) is 0 Å². The quantitative estimate of drug-likeness (QED) is 0.559. The van der Waals surface area contributed by atoms with Crippen molar-refractivity contribution in [2.24, 2.45) is 5.92 Å². The zero-order valence-corrected chi connectivity index (χ0v) is 18.6. The van der Waals surface area contributed by atoms with E-state index in [-0.39, 0.29) is 23.1 Å². The first kappa shape index (κ1) is 19.9. The number of hydrogen-bond acceptors (Lipinski definition) is 4. The summed E-state index contributed by atoms with van der Waals surface area (Å²) in [5, 5.41) is 14.0. The summed E-state index contributed by atoms with van der Waals surface area (Å²) in [4.78, 5) is 0.297. The monoisotopic (exact) mass is 434 g/mol. The summed E-state index contributed by atoms with van der Waals surface area (Å²) in [6, 6.07) is 20.1. The number of aryl methyl sites for hydroxylation is 1. The maximum absolute atomic E-state index is 13.7. The third-order valence-corrected chi connectivity index (χ3v) is 8.67. The summed E-state index contributed by atoms with van der Waals surface area (Å²) in [5.41, 5.74) is 4.02. The Morgan fingerprint density at radius 1 is 1.00 bits per heavy atom. The van der Waals surface area contributed by atoms with Crippen molar-refractivity contribution in [2.45, 2.75) is 37.1 Å². The van der Waals surface area contributed by atoms with Gasteiger partial charge in [-0.1, -0.05) is 61.9 Å². The number of anilines is 2. The normalized spacial score (nSPS) is 21.5. The number of phenolic OH excluding ortho intramolecular Hbond substituents is 1. The van der Waals surface area contributed by atoms with E-state index in [0.29, 0.717) is 17.1 Å². The highest BCUT2D eigenvalue weighted by Crippen LogP contribution is 2.55. The molecule has 2 aliphatic heterocycles. The van der Waals surface area contributed by atoms with Gasteiger partial charge in [-0.25, -0.2) is 8.42 Å². The average molecular weight is 435 g/mol. The molecule has 2 heterocycles. The predicted octanol–water partition coefficient (Wildman–Crippen LogP) is 4.97. The topological polar surface area (TPSA) is 69.6 Å². The van der Waals surface area contributed by atoms with Gasteiger partial charge in [0.1, 0.15) is 5.75 Å². The number of para-hydroxylation sites is 2. The van der Waals surface area contributed by atoms with Crippen LogP contribution in [0.15, 0.2) is 71.6 Å². The van der Waals surface area contributed by atoms with Crippen LogP contribution in [0, 0.1) is 12.8 Å². The first-order valence-corrected chi connectivity index (χ1v) is 11.9. The highest BCUT2D eigenvalue weighted by atomic mass is 32.2. The second kappa shape index (κ2) is 6.76. The number of phenols is 1. The van der Waals surface area contributed by atoms with Crippen molar-refractivity contribution in [3.63, 3.8) is 0 Å². The van der Waals surface area contributed by atoms with Gasteiger partial charge >= 0.3 is 0 Å². The van der Waals surface area contributed by atoms with E-state index in [1.165, 1.54) is 0 Å². The molecule has 0 aromatic heterocycles. The standard InChI is InChI=1S/C25H26N2O3S/c1-16-11-13-17(14-12-16)31(29,30)27-15-20-23(18-7-4-5-9-21(18)27)26-24-19(25(20,2)3)8-6-10-22(24)28/h4-14,20,23,26,28H,15H2,1-3H3/t20-,23+/m1/s1. The lowest BCUT2D eigenvalue weighted by Gasteiger charge is -2.51. The van der Waals surface area contributed by atoms with Crippen LogP contribution < -0.4 is 9.62 Å². The van der Waals surface area contributed by atoms with Gasteiger partial charge in [-0.2, -0.15) is 0 Å². The van der Waals surface area contributed by atoms with Crippen molar-refractivity contribution in [1.29, 1.82) is 0 Å². The number of hydrogen-bond donors (Lipinski definition) is 2. The Hall–Kier alpha value is -2.99. The van der Waals surface area contributed by atoms with E-state index < -0.39 is 10.0 Å². The number of benzene rings is 3. The van der Waals surface area contributed by atoms with Gasteiger partial charge in [0.25, 0.3) is 10.0 Å². The molecule has 2 aliphatic rings. The van der Waals surface area contributed by atoms with Crippen LogP contribution in [0.3, 0.4) is 0 Å². The molecule has 3 aromatic rings. The summed E-state index contributed by atoms with van der Waals surface area (Å²) < 4.78 is 29.0. The van der Waals surface area contributed by atoms with Gasteiger partial charge in [0.15, 0.2) is 0 Å². The largest absolute Gasteiger partial charge is 0.506 e. The Morgan fingerprint density at radius 2 is 1.71 bits per heavy atom. The summed E-state index contributed by atoms with van der Waals surface area (Å²) in [6.07, 6.45) is 0. The van der Waals surface area contributed by atoms with Crippen LogP contribution in [0.25, 0.3) is 0 Å². The molecule has 0 saturated carbocycles. The third kappa shape index (κ3) is 2.92. The molecule has 0 fully saturated rings. The maximum Gasteiger partial charge on any atom is 0.264 e. The van der Waals surface area contributed by atoms with Crippen LogP contribution in [-0.2, 0) is 15.4 Å². The molecule has 0 bridgehead atoms. The first-order valence-electron chi connectivity index (χ1n) is 10.5. The van der Waals surface area contributed by atoms with E-state index in [1.807, 2.05) is 55.5 Å². The molecular formula is C25H26N2O3S. The fraction of sp³-hybridized carbons (Fsp3) is 0.280. The molecule has 2 N–H and O–H groups in total. The number of nitrogens with zero attached hydrogens (tertiary/aromatic N) is 1. The zero-order chi connectivity index (χ0) is 22.0. The first-order chi connectivity index (χ1) is 14.7. The van der Waals surface area contributed by atoms with Gasteiger partial charge < -0.3 is 10.4 Å². The van der Waals surface area contributed by atoms with Gasteiger partial charge in [-0.05, 0) is 47.7 Å². The number of rotatable bonds is 2. The summed E-state index contributed by atoms with van der Waals surface area (Å²) in [7, 11) is -3.72. The molecule has 5 rings (SSSR count). The van der Waals surface area contributed by atoms with Crippen LogP contribution >= 0.6 is 0 Å². The van der Waals surface area contributed by atoms with Crippen molar-refractivity contribution < 1.29 is 13.5 Å². The number of fused-ring (bicyclic) bond motifs is 4. The molecule has 160 valence electrons. The fourth-order valence-corrected chi connectivity index (χ4v) is 6.57. The molecule has 0 radical (unpaired) electrons. The molecule has 2 atom stereocenters. The van der Waals surface area contributed by atoms with Crippen LogP contribution in [0.1, 0.15) is 36.6 Å². The average Bonchev–Trinajstić information content (AvgIpc) is 2.74. The van der Waals surface area contributed by atoms with Gasteiger partial charge in [0.2, 0.25) is 0 Å². The smallest absolute Gasteiger partial charge is 0.264 e. The molecule has 3 aromatic carbocycles. The highest BCUT2D eigenvalue weighted by Gasteiger charge is 2.49. The molecule has 5 nitrogen and oxygen atoms in total. The fourth-order valence-electron chi connectivity index (χ4n) is 5.05. The molecule has 0 amide bonds. The second-order valence-corrected chi connectivity index (χ2v) is 10.9. The van der Waals surface area contributed by atoms with Gasteiger partial charge in [0.05, 0.1) is 22.3 Å². The van der Waals surface area contributed by atoms with Crippen LogP contribution in [0.4, 0.5) is 11.4 Å². The van der Waals surface area contributed by atoms with Crippen LogP contribution in [-0.4, -0.2) is 20.1 Å². The molecule has 6 heteroatoms. The minimum atomic E-state index is -3.72. The Kier molecular flexibility index (Phi) is 4.35. The Labute approximate surface area is 183 Å². The van der Waals surface area contributed by atoms with Gasteiger partial charge in [-0.15, -0.1) is 0 Å². The van der Waals surface area contributed by atoms with Gasteiger partial charge in [-0.3, -0.25) is 4.31 Å². The van der Waals surface area contributed by atoms with E-state index >= 15 is 0 Å². The Balaban J connectivity index is 1.68. The minimum Gasteiger partial charge on any atom is -0.506 e.